The Morgan fingerprint density at radius 3 is 2.88 bits per heavy atom. The van der Waals surface area contributed by atoms with E-state index in [1.54, 1.807) is 0 Å². The molecule has 0 amide bonds. The molecule has 2 aromatic rings. The molecule has 0 atom stereocenters. The number of rotatable bonds is 2. The second-order valence-corrected chi connectivity index (χ2v) is 3.95. The van der Waals surface area contributed by atoms with Gasteiger partial charge in [0.05, 0.1) is 16.4 Å². The molecule has 0 aliphatic rings. The number of halogens is 2. The summed E-state index contributed by atoms with van der Waals surface area (Å²) in [5, 5.41) is 15.1. The highest BCUT2D eigenvalue weighted by atomic mass is 79.9. The summed E-state index contributed by atoms with van der Waals surface area (Å²) in [6, 6.07) is 4.24. The average molecular weight is 285 g/mol. The van der Waals surface area contributed by atoms with Gasteiger partial charge in [0.2, 0.25) is 0 Å². The highest BCUT2D eigenvalue weighted by Crippen LogP contribution is 2.26. The summed E-state index contributed by atoms with van der Waals surface area (Å²) < 4.78 is 13.3. The molecule has 0 spiro atoms. The minimum atomic E-state index is -1.08. The first kappa shape index (κ1) is 10.8. The normalized spacial score (nSPS) is 10.4. The first-order chi connectivity index (χ1) is 7.59. The fourth-order valence-electron chi connectivity index (χ4n) is 1.32. The largest absolute Gasteiger partial charge is 0.478 e. The Morgan fingerprint density at radius 1 is 1.50 bits per heavy atom. The van der Waals surface area contributed by atoms with Gasteiger partial charge in [-0.25, -0.2) is 9.18 Å². The summed E-state index contributed by atoms with van der Waals surface area (Å²) in [5.74, 6) is -1.48. The number of carboxylic acids is 1. The van der Waals surface area contributed by atoms with E-state index >= 15 is 0 Å². The van der Waals surface area contributed by atoms with Crippen molar-refractivity contribution in [2.45, 2.75) is 0 Å². The molecule has 82 valence electrons. The fraction of sp³-hybridized carbons (Fsp3) is 0. The summed E-state index contributed by atoms with van der Waals surface area (Å²) in [6.07, 6.45) is 1.22. The Kier molecular flexibility index (Phi) is 2.74. The van der Waals surface area contributed by atoms with Crippen LogP contribution in [-0.2, 0) is 0 Å². The molecular formula is C10H6BrFN2O2. The van der Waals surface area contributed by atoms with Crippen molar-refractivity contribution in [3.8, 4) is 11.3 Å². The van der Waals surface area contributed by atoms with Crippen LogP contribution in [0.2, 0.25) is 0 Å². The lowest BCUT2D eigenvalue weighted by Gasteiger charge is -2.01. The van der Waals surface area contributed by atoms with Gasteiger partial charge in [0, 0.05) is 5.56 Å². The molecule has 16 heavy (non-hydrogen) atoms. The number of hydrogen-bond donors (Lipinski definition) is 2. The van der Waals surface area contributed by atoms with Crippen LogP contribution in [0.25, 0.3) is 11.3 Å². The second-order valence-electron chi connectivity index (χ2n) is 3.09. The van der Waals surface area contributed by atoms with E-state index in [9.17, 15) is 9.18 Å². The highest BCUT2D eigenvalue weighted by molar-refractivity contribution is 9.10. The van der Waals surface area contributed by atoms with Crippen LogP contribution in [0.5, 0.6) is 0 Å². The van der Waals surface area contributed by atoms with E-state index < -0.39 is 11.8 Å². The van der Waals surface area contributed by atoms with Crippen molar-refractivity contribution in [1.29, 1.82) is 0 Å². The van der Waals surface area contributed by atoms with Crippen molar-refractivity contribution in [3.63, 3.8) is 0 Å². The topological polar surface area (TPSA) is 66.0 Å². The van der Waals surface area contributed by atoms with Gasteiger partial charge in [-0.05, 0) is 34.1 Å². The average Bonchev–Trinajstić information content (AvgIpc) is 2.71. The van der Waals surface area contributed by atoms with Crippen LogP contribution in [0.4, 0.5) is 4.39 Å². The van der Waals surface area contributed by atoms with Crippen LogP contribution in [-0.4, -0.2) is 21.3 Å². The van der Waals surface area contributed by atoms with Crippen molar-refractivity contribution in [1.82, 2.24) is 10.2 Å². The van der Waals surface area contributed by atoms with Crippen molar-refractivity contribution in [3.05, 3.63) is 40.2 Å². The van der Waals surface area contributed by atoms with E-state index in [4.69, 9.17) is 5.11 Å². The zero-order chi connectivity index (χ0) is 11.7. The smallest absolute Gasteiger partial charge is 0.339 e. The Labute approximate surface area is 98.2 Å². The fourth-order valence-corrected chi connectivity index (χ4v) is 1.70. The minimum absolute atomic E-state index is 0.0542. The van der Waals surface area contributed by atoms with Gasteiger partial charge in [0.25, 0.3) is 0 Å². The summed E-state index contributed by atoms with van der Waals surface area (Å²) in [6.45, 7) is 0. The number of carboxylic acid groups (broad SMARTS) is 1. The number of nitrogens with zero attached hydrogens (tertiary/aromatic N) is 1. The van der Waals surface area contributed by atoms with Crippen LogP contribution in [0.1, 0.15) is 10.4 Å². The van der Waals surface area contributed by atoms with Gasteiger partial charge in [0.1, 0.15) is 11.4 Å². The Bertz CT molecular complexity index is 554. The predicted octanol–water partition coefficient (Wildman–Crippen LogP) is 2.68. The standard InChI is InChI=1S/C10H6BrFN2O2/c11-7-3-5(1-2-8(7)12)9-6(10(15)16)4-13-14-9/h1-4H,(H,13,14)(H,15,16). The SMILES string of the molecule is O=C(O)c1cn[nH]c1-c1ccc(F)c(Br)c1. The molecule has 0 bridgehead atoms. The third-order valence-electron chi connectivity index (χ3n) is 2.08. The van der Waals surface area contributed by atoms with E-state index in [-0.39, 0.29) is 10.0 Å². The van der Waals surface area contributed by atoms with Gasteiger partial charge >= 0.3 is 5.97 Å². The molecule has 0 saturated carbocycles. The van der Waals surface area contributed by atoms with Gasteiger partial charge in [-0.3, -0.25) is 5.10 Å². The van der Waals surface area contributed by atoms with Crippen molar-refractivity contribution < 1.29 is 14.3 Å². The molecule has 0 radical (unpaired) electrons. The number of aromatic nitrogens is 2. The Hall–Kier alpha value is -1.69. The molecule has 2 rings (SSSR count). The molecule has 1 aromatic heterocycles. The van der Waals surface area contributed by atoms with Crippen LogP contribution in [0.3, 0.4) is 0 Å². The first-order valence-electron chi connectivity index (χ1n) is 4.31. The van der Waals surface area contributed by atoms with Gasteiger partial charge < -0.3 is 5.11 Å². The summed E-state index contributed by atoms with van der Waals surface area (Å²) >= 11 is 3.04. The minimum Gasteiger partial charge on any atom is -0.478 e. The molecule has 0 aliphatic carbocycles. The monoisotopic (exact) mass is 284 g/mol. The predicted molar refractivity (Wildman–Crippen MR) is 58.6 cm³/mol. The molecule has 0 unspecified atom stereocenters. The van der Waals surface area contributed by atoms with Crippen LogP contribution in [0, 0.1) is 5.82 Å². The number of nitrogens with one attached hydrogen (secondary N) is 1. The van der Waals surface area contributed by atoms with Crippen molar-refractivity contribution >= 4 is 21.9 Å². The maximum absolute atomic E-state index is 13.0. The number of carbonyl (C=O) groups is 1. The van der Waals surface area contributed by atoms with Crippen molar-refractivity contribution in [2.75, 3.05) is 0 Å². The van der Waals surface area contributed by atoms with E-state index in [1.165, 1.54) is 24.4 Å². The first-order valence-corrected chi connectivity index (χ1v) is 5.11. The number of benzene rings is 1. The van der Waals surface area contributed by atoms with E-state index in [2.05, 4.69) is 26.1 Å². The van der Waals surface area contributed by atoms with E-state index in [0.29, 0.717) is 11.3 Å². The summed E-state index contributed by atoms with van der Waals surface area (Å²) in [5.41, 5.74) is 0.967. The van der Waals surface area contributed by atoms with Crippen LogP contribution in [0.15, 0.2) is 28.9 Å². The zero-order valence-corrected chi connectivity index (χ0v) is 9.45. The van der Waals surface area contributed by atoms with E-state index in [0.717, 1.165) is 0 Å². The molecule has 6 heteroatoms. The van der Waals surface area contributed by atoms with Crippen molar-refractivity contribution in [2.24, 2.45) is 0 Å². The lowest BCUT2D eigenvalue weighted by atomic mass is 10.1. The summed E-state index contributed by atoms with van der Waals surface area (Å²) in [7, 11) is 0. The number of H-pyrrole nitrogens is 1. The lowest BCUT2D eigenvalue weighted by molar-refractivity contribution is 0.0698. The molecule has 4 nitrogen and oxygen atoms in total. The maximum Gasteiger partial charge on any atom is 0.339 e. The lowest BCUT2D eigenvalue weighted by Crippen LogP contribution is -1.96. The molecule has 0 saturated heterocycles. The number of aromatic carboxylic acids is 1. The van der Waals surface area contributed by atoms with Gasteiger partial charge in [-0.2, -0.15) is 5.10 Å². The summed E-state index contributed by atoms with van der Waals surface area (Å²) in [4.78, 5) is 10.9. The molecule has 1 heterocycles. The molecule has 1 aromatic carbocycles. The third-order valence-corrected chi connectivity index (χ3v) is 2.69. The van der Waals surface area contributed by atoms with Crippen LogP contribution < -0.4 is 0 Å². The van der Waals surface area contributed by atoms with Crippen LogP contribution >= 0.6 is 15.9 Å². The van der Waals surface area contributed by atoms with Gasteiger partial charge in [-0.1, -0.05) is 0 Å². The van der Waals surface area contributed by atoms with E-state index in [1.807, 2.05) is 0 Å². The van der Waals surface area contributed by atoms with Gasteiger partial charge in [-0.15, -0.1) is 0 Å². The molecule has 2 N–H and O–H groups in total. The number of hydrogen-bond acceptors (Lipinski definition) is 2. The number of aromatic amines is 1. The molecule has 0 aliphatic heterocycles. The quantitative estimate of drug-likeness (QED) is 0.891. The molecule has 0 fully saturated rings. The second kappa shape index (κ2) is 4.05. The highest BCUT2D eigenvalue weighted by Gasteiger charge is 2.14. The Balaban J connectivity index is 2.54. The Morgan fingerprint density at radius 2 is 2.25 bits per heavy atom. The maximum atomic E-state index is 13.0. The van der Waals surface area contributed by atoms with Gasteiger partial charge in [0.15, 0.2) is 0 Å². The molecular weight excluding hydrogens is 279 g/mol. The zero-order valence-electron chi connectivity index (χ0n) is 7.87. The third kappa shape index (κ3) is 1.83.